The normalized spacial score (nSPS) is 12.0. The molecule has 1 heterocycles. The molecule has 1 atom stereocenters. The van der Waals surface area contributed by atoms with Gasteiger partial charge in [-0.15, -0.1) is 0 Å². The van der Waals surface area contributed by atoms with Gasteiger partial charge in [0.25, 0.3) is 5.56 Å². The highest BCUT2D eigenvalue weighted by Crippen LogP contribution is 2.27. The largest absolute Gasteiger partial charge is 0.396 e. The van der Waals surface area contributed by atoms with Crippen molar-refractivity contribution in [3.8, 4) is 0 Å². The Morgan fingerprint density at radius 3 is 2.69 bits per heavy atom. The van der Waals surface area contributed by atoms with Gasteiger partial charge in [-0.3, -0.25) is 4.79 Å². The molecule has 0 saturated carbocycles. The van der Waals surface area contributed by atoms with Crippen molar-refractivity contribution in [1.29, 1.82) is 0 Å². The summed E-state index contributed by atoms with van der Waals surface area (Å²) in [6, 6.07) is 9.33. The number of carbonyl (C=O) groups is 1. The summed E-state index contributed by atoms with van der Waals surface area (Å²) in [6.45, 7) is 1.93. The second-order valence-electron chi connectivity index (χ2n) is 6.51. The fourth-order valence-corrected chi connectivity index (χ4v) is 3.24. The van der Waals surface area contributed by atoms with Crippen molar-refractivity contribution in [2.45, 2.75) is 19.4 Å². The lowest BCUT2D eigenvalue weighted by atomic mass is 10.1. The van der Waals surface area contributed by atoms with Crippen LogP contribution >= 0.6 is 11.6 Å². The second-order valence-corrected chi connectivity index (χ2v) is 6.95. The Hall–Kier alpha value is -2.97. The number of hydrogen-bond acceptors (Lipinski definition) is 4. The molecule has 152 valence electrons. The van der Waals surface area contributed by atoms with Crippen molar-refractivity contribution in [3.05, 3.63) is 69.4 Å². The fourth-order valence-electron chi connectivity index (χ4n) is 3.07. The van der Waals surface area contributed by atoms with Crippen molar-refractivity contribution in [2.24, 2.45) is 0 Å². The molecule has 0 saturated heterocycles. The molecule has 7 nitrogen and oxygen atoms in total. The van der Waals surface area contributed by atoms with Crippen LogP contribution in [0.15, 0.2) is 47.3 Å². The Kier molecular flexibility index (Phi) is 6.46. The van der Waals surface area contributed by atoms with Gasteiger partial charge in [0, 0.05) is 29.2 Å². The van der Waals surface area contributed by atoms with Gasteiger partial charge in [-0.2, -0.15) is 5.10 Å². The molecule has 0 spiro atoms. The molecule has 0 aliphatic heterocycles. The number of nitrogens with one attached hydrogen (secondary N) is 2. The summed E-state index contributed by atoms with van der Waals surface area (Å²) in [7, 11) is 0. The maximum Gasteiger partial charge on any atom is 0.322 e. The van der Waals surface area contributed by atoms with Crippen LogP contribution in [0.4, 0.5) is 14.9 Å². The Morgan fingerprint density at radius 1 is 1.28 bits per heavy atom. The number of halogens is 2. The molecule has 3 aromatic rings. The second kappa shape index (κ2) is 9.02. The van der Waals surface area contributed by atoms with Crippen molar-refractivity contribution < 1.29 is 14.3 Å². The SMILES string of the molecule is C[C@@H](c1n[nH]c(=O)c2cc(Cl)ccc12)N(CCCO)C(=O)Nc1ccc(F)cc1. The molecule has 3 rings (SSSR count). The van der Waals surface area contributed by atoms with E-state index in [1.54, 1.807) is 25.1 Å². The standard InChI is InChI=1S/C20H20ClFN4O3/c1-12(18-16-8-3-13(21)11-17(16)19(28)25-24-18)26(9-2-10-27)20(29)23-15-6-4-14(22)5-7-15/h3-8,11-12,27H,2,9-10H2,1H3,(H,23,29)(H,25,28)/t12-/m0/s1. The van der Waals surface area contributed by atoms with Gasteiger partial charge >= 0.3 is 6.03 Å². The molecule has 0 radical (unpaired) electrons. The minimum atomic E-state index is -0.525. The van der Waals surface area contributed by atoms with Crippen molar-refractivity contribution in [2.75, 3.05) is 18.5 Å². The number of aromatic nitrogens is 2. The van der Waals surface area contributed by atoms with Crippen LogP contribution in [0.25, 0.3) is 10.8 Å². The molecular weight excluding hydrogens is 399 g/mol. The number of aromatic amines is 1. The monoisotopic (exact) mass is 418 g/mol. The van der Waals surface area contributed by atoms with E-state index in [1.165, 1.54) is 29.2 Å². The third kappa shape index (κ3) is 4.72. The summed E-state index contributed by atoms with van der Waals surface area (Å²) in [5.41, 5.74) is 0.545. The number of hydrogen-bond donors (Lipinski definition) is 3. The molecule has 29 heavy (non-hydrogen) atoms. The van der Waals surface area contributed by atoms with E-state index in [1.807, 2.05) is 0 Å². The molecule has 2 aromatic carbocycles. The van der Waals surface area contributed by atoms with Gasteiger partial charge in [0.15, 0.2) is 0 Å². The smallest absolute Gasteiger partial charge is 0.322 e. The van der Waals surface area contributed by atoms with Crippen LogP contribution < -0.4 is 10.9 Å². The Balaban J connectivity index is 1.95. The summed E-state index contributed by atoms with van der Waals surface area (Å²) >= 11 is 6.00. The summed E-state index contributed by atoms with van der Waals surface area (Å²) in [6.07, 6.45) is 0.355. The van der Waals surface area contributed by atoms with E-state index >= 15 is 0 Å². The Bertz CT molecular complexity index is 1070. The van der Waals surface area contributed by atoms with E-state index < -0.39 is 17.9 Å². The highest BCUT2D eigenvalue weighted by molar-refractivity contribution is 6.31. The van der Waals surface area contributed by atoms with Crippen LogP contribution in [0, 0.1) is 5.82 Å². The van der Waals surface area contributed by atoms with Crippen molar-refractivity contribution in [1.82, 2.24) is 15.1 Å². The molecule has 0 aliphatic rings. The predicted molar refractivity (Wildman–Crippen MR) is 110 cm³/mol. The van der Waals surface area contributed by atoms with Crippen LogP contribution in [0.1, 0.15) is 25.1 Å². The predicted octanol–water partition coefficient (Wildman–Crippen LogP) is 3.69. The van der Waals surface area contributed by atoms with Gasteiger partial charge in [-0.05, 0) is 49.7 Å². The molecule has 1 aromatic heterocycles. The zero-order chi connectivity index (χ0) is 21.0. The van der Waals surface area contributed by atoms with E-state index in [9.17, 15) is 19.1 Å². The molecule has 9 heteroatoms. The third-order valence-electron chi connectivity index (χ3n) is 4.56. The van der Waals surface area contributed by atoms with E-state index in [0.29, 0.717) is 33.6 Å². The van der Waals surface area contributed by atoms with Crippen LogP contribution in [0.5, 0.6) is 0 Å². The van der Waals surface area contributed by atoms with Crippen molar-refractivity contribution >= 4 is 34.1 Å². The zero-order valence-corrected chi connectivity index (χ0v) is 16.4. The number of rotatable bonds is 6. The number of aliphatic hydroxyl groups is 1. The van der Waals surface area contributed by atoms with Gasteiger partial charge in [0.2, 0.25) is 0 Å². The molecule has 2 amide bonds. The Labute approximate surface area is 171 Å². The number of benzene rings is 2. The molecular formula is C20H20ClFN4O3. The number of nitrogens with zero attached hydrogens (tertiary/aromatic N) is 2. The van der Waals surface area contributed by atoms with E-state index in [-0.39, 0.29) is 18.7 Å². The number of H-pyrrole nitrogens is 1. The first kappa shape index (κ1) is 20.8. The van der Waals surface area contributed by atoms with Crippen LogP contribution in [0.3, 0.4) is 0 Å². The molecule has 0 aliphatic carbocycles. The number of anilines is 1. The molecule has 0 fully saturated rings. The quantitative estimate of drug-likeness (QED) is 0.568. The molecule has 3 N–H and O–H groups in total. The van der Waals surface area contributed by atoms with E-state index in [2.05, 4.69) is 15.5 Å². The van der Waals surface area contributed by atoms with Gasteiger partial charge in [0.1, 0.15) is 5.82 Å². The highest BCUT2D eigenvalue weighted by atomic mass is 35.5. The minimum Gasteiger partial charge on any atom is -0.396 e. The lowest BCUT2D eigenvalue weighted by molar-refractivity contribution is 0.181. The van der Waals surface area contributed by atoms with Gasteiger partial charge < -0.3 is 15.3 Å². The summed E-state index contributed by atoms with van der Waals surface area (Å²) < 4.78 is 13.1. The topological polar surface area (TPSA) is 98.3 Å². The van der Waals surface area contributed by atoms with E-state index in [4.69, 9.17) is 11.6 Å². The van der Waals surface area contributed by atoms with Crippen LogP contribution in [0.2, 0.25) is 5.02 Å². The van der Waals surface area contributed by atoms with Gasteiger partial charge in [-0.25, -0.2) is 14.3 Å². The summed E-state index contributed by atoms with van der Waals surface area (Å²) in [5.74, 6) is -0.406. The number of fused-ring (bicyclic) bond motifs is 1. The Morgan fingerprint density at radius 2 is 2.00 bits per heavy atom. The average molecular weight is 419 g/mol. The van der Waals surface area contributed by atoms with Crippen molar-refractivity contribution in [3.63, 3.8) is 0 Å². The van der Waals surface area contributed by atoms with E-state index in [0.717, 1.165) is 0 Å². The molecule has 0 unspecified atom stereocenters. The summed E-state index contributed by atoms with van der Waals surface area (Å²) in [5, 5.41) is 19.9. The number of aliphatic hydroxyl groups excluding tert-OH is 1. The zero-order valence-electron chi connectivity index (χ0n) is 15.7. The highest BCUT2D eigenvalue weighted by Gasteiger charge is 2.25. The first-order chi connectivity index (χ1) is 13.9. The first-order valence-corrected chi connectivity index (χ1v) is 9.40. The molecule has 0 bridgehead atoms. The minimum absolute atomic E-state index is 0.0948. The maximum atomic E-state index is 13.1. The average Bonchev–Trinajstić information content (AvgIpc) is 2.70. The maximum absolute atomic E-state index is 13.1. The van der Waals surface area contributed by atoms with Crippen LogP contribution in [-0.2, 0) is 0 Å². The number of amides is 2. The number of carbonyl (C=O) groups excluding carboxylic acids is 1. The fraction of sp³-hybridized carbons (Fsp3) is 0.250. The van der Waals surface area contributed by atoms with Gasteiger partial charge in [0.05, 0.1) is 17.1 Å². The number of urea groups is 1. The van der Waals surface area contributed by atoms with Gasteiger partial charge in [-0.1, -0.05) is 17.7 Å². The lowest BCUT2D eigenvalue weighted by Crippen LogP contribution is -2.38. The van der Waals surface area contributed by atoms with Crippen LogP contribution in [-0.4, -0.2) is 39.4 Å². The first-order valence-electron chi connectivity index (χ1n) is 9.02. The summed E-state index contributed by atoms with van der Waals surface area (Å²) in [4.78, 5) is 26.5. The third-order valence-corrected chi connectivity index (χ3v) is 4.79. The lowest BCUT2D eigenvalue weighted by Gasteiger charge is -2.29.